The highest BCUT2D eigenvalue weighted by molar-refractivity contribution is 5.85. The molecule has 1 N–H and O–H groups in total. The van der Waals surface area contributed by atoms with Gasteiger partial charge in [0.2, 0.25) is 5.91 Å². The van der Waals surface area contributed by atoms with E-state index < -0.39 is 0 Å². The Morgan fingerprint density at radius 3 is 2.67 bits per heavy atom. The fraction of sp³-hybridized carbons (Fsp3) is 0.923. The van der Waals surface area contributed by atoms with Crippen LogP contribution in [0.1, 0.15) is 25.7 Å². The Labute approximate surface area is 115 Å². The number of nitrogens with zero attached hydrogens (tertiary/aromatic N) is 1. The van der Waals surface area contributed by atoms with Gasteiger partial charge in [-0.1, -0.05) is 0 Å². The molecule has 2 atom stereocenters. The summed E-state index contributed by atoms with van der Waals surface area (Å²) in [6, 6.07) is 0.545. The molecule has 2 heterocycles. The van der Waals surface area contributed by atoms with Crippen molar-refractivity contribution in [2.24, 2.45) is 11.8 Å². The Bertz CT molecular complexity index is 285. The van der Waals surface area contributed by atoms with Crippen LogP contribution in [0.15, 0.2) is 0 Å². The number of carbonyl (C=O) groups is 1. The van der Waals surface area contributed by atoms with Gasteiger partial charge in [-0.25, -0.2) is 0 Å². The number of amides is 1. The van der Waals surface area contributed by atoms with E-state index in [-0.39, 0.29) is 18.3 Å². The first kappa shape index (κ1) is 14.1. The van der Waals surface area contributed by atoms with Gasteiger partial charge in [0.25, 0.3) is 0 Å². The lowest BCUT2D eigenvalue weighted by Gasteiger charge is -2.27. The van der Waals surface area contributed by atoms with E-state index in [2.05, 4.69) is 10.2 Å². The summed E-state index contributed by atoms with van der Waals surface area (Å²) < 4.78 is 5.41. The quantitative estimate of drug-likeness (QED) is 0.833. The number of hydrogen-bond acceptors (Lipinski definition) is 3. The lowest BCUT2D eigenvalue weighted by Crippen LogP contribution is -2.41. The molecule has 3 aliphatic rings. The molecule has 18 heavy (non-hydrogen) atoms. The maximum absolute atomic E-state index is 12.5. The van der Waals surface area contributed by atoms with E-state index in [1.807, 2.05) is 0 Å². The van der Waals surface area contributed by atoms with Gasteiger partial charge in [-0.05, 0) is 32.2 Å². The predicted molar refractivity (Wildman–Crippen MR) is 71.9 cm³/mol. The van der Waals surface area contributed by atoms with Crippen molar-refractivity contribution in [1.29, 1.82) is 0 Å². The molecule has 0 spiro atoms. The third kappa shape index (κ3) is 3.16. The number of hydrogen-bond donors (Lipinski definition) is 1. The summed E-state index contributed by atoms with van der Waals surface area (Å²) >= 11 is 0. The van der Waals surface area contributed by atoms with Crippen LogP contribution in [0.4, 0.5) is 0 Å². The summed E-state index contributed by atoms with van der Waals surface area (Å²) in [6.45, 7) is 4.53. The fourth-order valence-corrected chi connectivity index (χ4v) is 2.91. The molecule has 3 fully saturated rings. The average molecular weight is 275 g/mol. The van der Waals surface area contributed by atoms with Gasteiger partial charge in [0.1, 0.15) is 0 Å². The van der Waals surface area contributed by atoms with Crippen molar-refractivity contribution >= 4 is 18.3 Å². The largest absolute Gasteiger partial charge is 0.381 e. The minimum absolute atomic E-state index is 0. The molecule has 3 rings (SSSR count). The van der Waals surface area contributed by atoms with Crippen molar-refractivity contribution in [3.8, 4) is 0 Å². The molecule has 2 aliphatic heterocycles. The summed E-state index contributed by atoms with van der Waals surface area (Å²) in [4.78, 5) is 14.6. The second-order valence-corrected chi connectivity index (χ2v) is 5.64. The van der Waals surface area contributed by atoms with Crippen molar-refractivity contribution in [2.75, 3.05) is 32.8 Å². The van der Waals surface area contributed by atoms with Gasteiger partial charge in [-0.15, -0.1) is 12.4 Å². The first-order chi connectivity index (χ1) is 8.34. The zero-order valence-electron chi connectivity index (χ0n) is 10.8. The third-order valence-corrected chi connectivity index (χ3v) is 4.16. The molecule has 0 bridgehead atoms. The topological polar surface area (TPSA) is 41.6 Å². The van der Waals surface area contributed by atoms with Gasteiger partial charge in [-0.2, -0.15) is 0 Å². The van der Waals surface area contributed by atoms with Crippen molar-refractivity contribution in [2.45, 2.75) is 31.7 Å². The highest BCUT2D eigenvalue weighted by atomic mass is 35.5. The Morgan fingerprint density at radius 1 is 1.28 bits per heavy atom. The van der Waals surface area contributed by atoms with Crippen LogP contribution in [0.2, 0.25) is 0 Å². The maximum Gasteiger partial charge on any atom is 0.227 e. The maximum atomic E-state index is 12.5. The normalized spacial score (nSPS) is 31.1. The Hall–Kier alpha value is -0.320. The molecule has 104 valence electrons. The van der Waals surface area contributed by atoms with E-state index in [0.717, 1.165) is 45.7 Å². The molecule has 0 radical (unpaired) electrons. The smallest absolute Gasteiger partial charge is 0.227 e. The number of ether oxygens (including phenoxy) is 1. The summed E-state index contributed by atoms with van der Waals surface area (Å²) in [5.41, 5.74) is 0. The van der Waals surface area contributed by atoms with Crippen LogP contribution in [-0.2, 0) is 9.53 Å². The molecule has 1 amide bonds. The van der Waals surface area contributed by atoms with E-state index in [1.165, 1.54) is 12.8 Å². The van der Waals surface area contributed by atoms with Crippen molar-refractivity contribution in [3.63, 3.8) is 0 Å². The molecule has 0 aromatic rings. The van der Waals surface area contributed by atoms with Gasteiger partial charge < -0.3 is 15.0 Å². The van der Waals surface area contributed by atoms with Crippen molar-refractivity contribution in [1.82, 2.24) is 10.2 Å². The minimum Gasteiger partial charge on any atom is -0.381 e. The zero-order chi connectivity index (χ0) is 11.7. The second-order valence-electron chi connectivity index (χ2n) is 5.64. The summed E-state index contributed by atoms with van der Waals surface area (Å²) in [6.07, 6.45) is 4.56. The fourth-order valence-electron chi connectivity index (χ4n) is 2.91. The number of nitrogens with one attached hydrogen (secondary N) is 1. The van der Waals surface area contributed by atoms with Gasteiger partial charge in [-0.3, -0.25) is 4.79 Å². The molecule has 1 saturated carbocycles. The van der Waals surface area contributed by atoms with Crippen LogP contribution in [0.25, 0.3) is 0 Å². The zero-order valence-corrected chi connectivity index (χ0v) is 11.6. The molecule has 1 aliphatic carbocycles. The van der Waals surface area contributed by atoms with E-state index >= 15 is 0 Å². The standard InChI is InChI=1S/C13H22N2O2.ClH/c16-13(11-3-5-14-7-11)15(12-1-2-12)8-10-4-6-17-9-10;/h10-12,14H,1-9H2;1H. The molecule has 4 nitrogen and oxygen atoms in total. The van der Waals surface area contributed by atoms with Crippen LogP contribution >= 0.6 is 12.4 Å². The molecule has 5 heteroatoms. The van der Waals surface area contributed by atoms with Crippen LogP contribution in [0.5, 0.6) is 0 Å². The first-order valence-corrected chi connectivity index (χ1v) is 6.93. The third-order valence-electron chi connectivity index (χ3n) is 4.16. The lowest BCUT2D eigenvalue weighted by atomic mass is 10.0. The van der Waals surface area contributed by atoms with Crippen molar-refractivity contribution in [3.05, 3.63) is 0 Å². The van der Waals surface area contributed by atoms with Gasteiger partial charge in [0.05, 0.1) is 12.5 Å². The molecular formula is C13H23ClN2O2. The SMILES string of the molecule is Cl.O=C(C1CCNC1)N(CC1CCOC1)C1CC1. The summed E-state index contributed by atoms with van der Waals surface area (Å²) in [7, 11) is 0. The molecule has 0 aromatic carbocycles. The monoisotopic (exact) mass is 274 g/mol. The van der Waals surface area contributed by atoms with Crippen LogP contribution in [-0.4, -0.2) is 49.7 Å². The van der Waals surface area contributed by atoms with Gasteiger partial charge in [0, 0.05) is 31.7 Å². The van der Waals surface area contributed by atoms with Crippen LogP contribution in [0, 0.1) is 11.8 Å². The van der Waals surface area contributed by atoms with E-state index in [0.29, 0.717) is 17.9 Å². The van der Waals surface area contributed by atoms with E-state index in [4.69, 9.17) is 4.74 Å². The van der Waals surface area contributed by atoms with Crippen molar-refractivity contribution < 1.29 is 9.53 Å². The predicted octanol–water partition coefficient (Wildman–Crippen LogP) is 1.05. The molecule has 0 aromatic heterocycles. The Kier molecular flexibility index (Phi) is 4.87. The highest BCUT2D eigenvalue weighted by Gasteiger charge is 2.38. The Balaban J connectivity index is 0.00000120. The first-order valence-electron chi connectivity index (χ1n) is 6.93. The molecule has 2 saturated heterocycles. The number of carbonyl (C=O) groups excluding carboxylic acids is 1. The van der Waals surface area contributed by atoms with Crippen LogP contribution in [0.3, 0.4) is 0 Å². The molecular weight excluding hydrogens is 252 g/mol. The Morgan fingerprint density at radius 2 is 2.11 bits per heavy atom. The highest BCUT2D eigenvalue weighted by Crippen LogP contribution is 2.31. The number of rotatable bonds is 4. The molecule has 2 unspecified atom stereocenters. The second kappa shape index (κ2) is 6.22. The summed E-state index contributed by atoms with van der Waals surface area (Å²) in [5, 5.41) is 3.29. The lowest BCUT2D eigenvalue weighted by molar-refractivity contribution is -0.136. The van der Waals surface area contributed by atoms with E-state index in [9.17, 15) is 4.79 Å². The number of halogens is 1. The van der Waals surface area contributed by atoms with E-state index in [1.54, 1.807) is 0 Å². The van der Waals surface area contributed by atoms with Crippen LogP contribution < -0.4 is 5.32 Å². The van der Waals surface area contributed by atoms with Gasteiger partial charge in [0.15, 0.2) is 0 Å². The summed E-state index contributed by atoms with van der Waals surface area (Å²) in [5.74, 6) is 1.20. The minimum atomic E-state index is 0. The van der Waals surface area contributed by atoms with Gasteiger partial charge >= 0.3 is 0 Å². The average Bonchev–Trinajstić information content (AvgIpc) is 2.86.